The third-order valence-corrected chi connectivity index (χ3v) is 16.7. The second-order valence-corrected chi connectivity index (χ2v) is 18.6. The molecule has 3 fully saturated rings. The maximum atomic E-state index is 15.4. The topological polar surface area (TPSA) is 79.7 Å². The minimum absolute atomic E-state index is 0.0676. The molecule has 4 aromatic rings. The lowest BCUT2D eigenvalue weighted by Crippen LogP contribution is -2.67. The fourth-order valence-corrected chi connectivity index (χ4v) is 14.1. The van der Waals surface area contributed by atoms with Gasteiger partial charge >= 0.3 is 0 Å². The van der Waals surface area contributed by atoms with Gasteiger partial charge in [0.1, 0.15) is 5.75 Å². The fourth-order valence-electron chi connectivity index (χ4n) is 11.7. The van der Waals surface area contributed by atoms with E-state index < -0.39 is 11.0 Å². The number of allylic oxidation sites excluding steroid dienone is 4. The summed E-state index contributed by atoms with van der Waals surface area (Å²) in [5.41, 5.74) is 2.36. The van der Waals surface area contributed by atoms with Crippen molar-refractivity contribution in [2.45, 2.75) is 81.8 Å². The number of thioether (sulfide) groups is 1. The first kappa shape index (κ1) is 33.6. The Hall–Kier alpha value is -3.23. The predicted octanol–water partition coefficient (Wildman–Crippen LogP) is 9.93. The summed E-state index contributed by atoms with van der Waals surface area (Å²) in [6.07, 6.45) is 12.6. The number of carbonyl (C=O) groups excluding carboxylic acids is 1. The molecule has 10 rings (SSSR count). The summed E-state index contributed by atoms with van der Waals surface area (Å²) < 4.78 is 7.79. The van der Waals surface area contributed by atoms with Gasteiger partial charge in [-0.3, -0.25) is 4.79 Å². The minimum Gasteiger partial charge on any atom is -0.494 e. The SMILES string of the molecule is CCOc1ccc2nc(SC[C@]3(O)CC[C@H]4[C@]56C=C[C@@]7(C=C5C(=O)c5ccccc5-c5ccccc5)CC(O)CC[C@]7(C)[C@H]6CC[C@@]43C)sc2c1. The Bertz CT molecular complexity index is 2090. The van der Waals surface area contributed by atoms with Crippen molar-refractivity contribution in [3.8, 4) is 16.9 Å². The fraction of sp³-hybridized carbons (Fsp3) is 0.455. The van der Waals surface area contributed by atoms with Crippen molar-refractivity contribution >= 4 is 39.1 Å². The summed E-state index contributed by atoms with van der Waals surface area (Å²) in [6, 6.07) is 24.3. The van der Waals surface area contributed by atoms with E-state index in [0.29, 0.717) is 25.2 Å². The number of ketones is 1. The highest BCUT2D eigenvalue weighted by molar-refractivity contribution is 8.01. The number of fused-ring (bicyclic) bond motifs is 2. The molecule has 2 spiro atoms. The number of rotatable bonds is 8. The molecule has 3 saturated carbocycles. The minimum atomic E-state index is -0.907. The van der Waals surface area contributed by atoms with Gasteiger partial charge in [0.15, 0.2) is 10.1 Å². The van der Waals surface area contributed by atoms with Crippen LogP contribution in [0.15, 0.2) is 101 Å². The Morgan fingerprint density at radius 2 is 1.69 bits per heavy atom. The molecule has 0 amide bonds. The molecule has 3 aromatic carbocycles. The number of hydrogen-bond acceptors (Lipinski definition) is 7. The van der Waals surface area contributed by atoms with E-state index in [9.17, 15) is 10.2 Å². The largest absolute Gasteiger partial charge is 0.494 e. The monoisotopic (exact) mass is 717 g/mol. The van der Waals surface area contributed by atoms with E-state index in [1.54, 1.807) is 23.1 Å². The smallest absolute Gasteiger partial charge is 0.190 e. The normalized spacial score (nSPS) is 36.3. The first-order valence-corrected chi connectivity index (χ1v) is 20.6. The number of nitrogens with zero attached hydrogens (tertiary/aromatic N) is 1. The second-order valence-electron chi connectivity index (χ2n) is 16.4. The highest BCUT2D eigenvalue weighted by Gasteiger charge is 2.74. The molecule has 1 aromatic heterocycles. The molecule has 2 N–H and O–H groups in total. The number of thiazole rings is 1. The number of ether oxygens (including phenoxy) is 1. The molecule has 7 heteroatoms. The lowest BCUT2D eigenvalue weighted by atomic mass is 9.32. The lowest BCUT2D eigenvalue weighted by molar-refractivity contribution is -0.166. The molecule has 1 unspecified atom stereocenters. The van der Waals surface area contributed by atoms with Crippen molar-refractivity contribution in [2.24, 2.45) is 33.5 Å². The van der Waals surface area contributed by atoms with Gasteiger partial charge in [0, 0.05) is 33.1 Å². The Labute approximate surface area is 309 Å². The highest BCUT2D eigenvalue weighted by Crippen LogP contribution is 2.78. The molecule has 5 nitrogen and oxygen atoms in total. The maximum Gasteiger partial charge on any atom is 0.190 e. The van der Waals surface area contributed by atoms with E-state index in [0.717, 1.165) is 74.7 Å². The van der Waals surface area contributed by atoms with Crippen LogP contribution < -0.4 is 4.74 Å². The average Bonchev–Trinajstić information content (AvgIpc) is 3.68. The van der Waals surface area contributed by atoms with Crippen molar-refractivity contribution in [3.05, 3.63) is 102 Å². The Morgan fingerprint density at radius 1 is 0.941 bits per heavy atom. The number of Topliss-reactive ketones (excluding diaryl/α,β-unsaturated/α-hetero) is 1. The maximum absolute atomic E-state index is 15.4. The van der Waals surface area contributed by atoms with Gasteiger partial charge in [0.2, 0.25) is 0 Å². The van der Waals surface area contributed by atoms with Crippen molar-refractivity contribution in [1.29, 1.82) is 0 Å². The number of benzene rings is 3. The molecule has 51 heavy (non-hydrogen) atoms. The van der Waals surface area contributed by atoms with Gasteiger partial charge in [-0.25, -0.2) is 4.98 Å². The number of aromatic nitrogens is 1. The average molecular weight is 718 g/mol. The standard InChI is InChI=1S/C44H47NO4S2/c1-4-49-30-14-15-34-35(24-30)51-39(45-34)50-27-43(48)21-18-37-41(43,3)20-17-36-40(2)19-16-29(46)25-42(40)22-23-44(36,37)33(26-42)38(47)32-13-9-8-12-31(32)28-10-6-5-7-11-28/h5-15,22-24,26,29,36-37,46,48H,4,16-21,25,27H2,1-3H3/t29?,36-,37-,40-,41+,42+,43-,44-/m1/s1. The predicted molar refractivity (Wildman–Crippen MR) is 206 cm³/mol. The first-order chi connectivity index (χ1) is 24.6. The number of aliphatic hydroxyl groups excluding tert-OH is 1. The summed E-state index contributed by atoms with van der Waals surface area (Å²) in [4.78, 5) is 20.3. The molecular formula is C44H47NO4S2. The molecule has 1 heterocycles. The van der Waals surface area contributed by atoms with Gasteiger partial charge < -0.3 is 14.9 Å². The van der Waals surface area contributed by atoms with Crippen LogP contribution >= 0.6 is 23.1 Å². The van der Waals surface area contributed by atoms with Crippen molar-refractivity contribution in [2.75, 3.05) is 12.4 Å². The van der Waals surface area contributed by atoms with Crippen LogP contribution in [0, 0.1) is 33.5 Å². The van der Waals surface area contributed by atoms with Crippen LogP contribution in [-0.4, -0.2) is 45.0 Å². The number of hydrogen-bond donors (Lipinski definition) is 2. The van der Waals surface area contributed by atoms with Gasteiger partial charge in [-0.1, -0.05) is 98.4 Å². The zero-order chi connectivity index (χ0) is 35.2. The van der Waals surface area contributed by atoms with Crippen molar-refractivity contribution < 1.29 is 19.7 Å². The molecule has 0 aliphatic heterocycles. The van der Waals surface area contributed by atoms with E-state index in [-0.39, 0.29) is 40.0 Å². The molecular weight excluding hydrogens is 671 g/mol. The van der Waals surface area contributed by atoms with E-state index in [2.05, 4.69) is 56.3 Å². The van der Waals surface area contributed by atoms with Crippen LogP contribution in [0.5, 0.6) is 5.75 Å². The summed E-state index contributed by atoms with van der Waals surface area (Å²) in [6.45, 7) is 7.38. The van der Waals surface area contributed by atoms with Crippen LogP contribution in [0.1, 0.15) is 76.1 Å². The third kappa shape index (κ3) is 4.73. The summed E-state index contributed by atoms with van der Waals surface area (Å²) in [7, 11) is 0. The number of aliphatic hydroxyl groups is 2. The molecule has 2 bridgehead atoms. The van der Waals surface area contributed by atoms with E-state index >= 15 is 4.79 Å². The Kier molecular flexibility index (Phi) is 7.83. The molecule has 264 valence electrons. The highest BCUT2D eigenvalue weighted by atomic mass is 32.2. The molecule has 6 aliphatic carbocycles. The van der Waals surface area contributed by atoms with Crippen molar-refractivity contribution in [3.63, 3.8) is 0 Å². The van der Waals surface area contributed by atoms with Crippen LogP contribution in [0.25, 0.3) is 21.3 Å². The number of carbonyl (C=O) groups is 1. The van der Waals surface area contributed by atoms with E-state index in [1.165, 1.54) is 0 Å². The van der Waals surface area contributed by atoms with Gasteiger partial charge in [-0.2, -0.15) is 0 Å². The van der Waals surface area contributed by atoms with Gasteiger partial charge in [0.05, 0.1) is 28.5 Å². The van der Waals surface area contributed by atoms with E-state index in [1.807, 2.05) is 55.5 Å². The zero-order valence-corrected chi connectivity index (χ0v) is 31.4. The van der Waals surface area contributed by atoms with Crippen LogP contribution in [-0.2, 0) is 0 Å². The summed E-state index contributed by atoms with van der Waals surface area (Å²) in [5, 5.41) is 24.0. The summed E-state index contributed by atoms with van der Waals surface area (Å²) >= 11 is 3.33. The zero-order valence-electron chi connectivity index (χ0n) is 29.7. The molecule has 0 saturated heterocycles. The first-order valence-electron chi connectivity index (χ1n) is 18.8. The molecule has 8 atom stereocenters. The van der Waals surface area contributed by atoms with Gasteiger partial charge in [0.25, 0.3) is 0 Å². The van der Waals surface area contributed by atoms with Gasteiger partial charge in [-0.05, 0) is 98.4 Å². The Morgan fingerprint density at radius 3 is 2.51 bits per heavy atom. The summed E-state index contributed by atoms with van der Waals surface area (Å²) in [5.74, 6) is 1.89. The van der Waals surface area contributed by atoms with E-state index in [4.69, 9.17) is 9.72 Å². The molecule has 0 radical (unpaired) electrons. The second kappa shape index (κ2) is 11.9. The lowest BCUT2D eigenvalue weighted by Gasteiger charge is -2.71. The third-order valence-electron chi connectivity index (χ3n) is 14.3. The van der Waals surface area contributed by atoms with Crippen molar-refractivity contribution in [1.82, 2.24) is 4.98 Å². The van der Waals surface area contributed by atoms with Crippen LogP contribution in [0.4, 0.5) is 0 Å². The van der Waals surface area contributed by atoms with Crippen LogP contribution in [0.2, 0.25) is 0 Å². The Balaban J connectivity index is 1.11. The quantitative estimate of drug-likeness (QED) is 0.107. The molecule has 6 aliphatic rings. The van der Waals surface area contributed by atoms with Crippen LogP contribution in [0.3, 0.4) is 0 Å². The van der Waals surface area contributed by atoms with Gasteiger partial charge in [-0.15, -0.1) is 11.3 Å².